The van der Waals surface area contributed by atoms with E-state index in [4.69, 9.17) is 10.5 Å². The van der Waals surface area contributed by atoms with E-state index >= 15 is 0 Å². The van der Waals surface area contributed by atoms with Crippen molar-refractivity contribution >= 4 is 5.69 Å². The number of aliphatic hydroxyl groups excluding tert-OH is 1. The molecule has 0 spiro atoms. The van der Waals surface area contributed by atoms with Crippen molar-refractivity contribution in [1.29, 1.82) is 0 Å². The van der Waals surface area contributed by atoms with Crippen molar-refractivity contribution in [3.8, 4) is 5.75 Å². The Balaban J connectivity index is 2.38. The van der Waals surface area contributed by atoms with E-state index in [0.29, 0.717) is 0 Å². The molecule has 1 aliphatic heterocycles. The van der Waals surface area contributed by atoms with Crippen LogP contribution in [-0.4, -0.2) is 38.5 Å². The van der Waals surface area contributed by atoms with Gasteiger partial charge in [-0.15, -0.1) is 0 Å². The molecule has 1 heterocycles. The van der Waals surface area contributed by atoms with Gasteiger partial charge in [-0.2, -0.15) is 0 Å². The lowest BCUT2D eigenvalue weighted by Gasteiger charge is -2.17. The molecule has 2 atom stereocenters. The number of benzene rings is 1. The van der Waals surface area contributed by atoms with Crippen LogP contribution in [-0.2, 0) is 0 Å². The summed E-state index contributed by atoms with van der Waals surface area (Å²) in [5, 5.41) is 9.89. The molecule has 0 aliphatic carbocycles. The van der Waals surface area contributed by atoms with Gasteiger partial charge in [0.25, 0.3) is 0 Å². The molecular weight excluding hydrogens is 204 g/mol. The van der Waals surface area contributed by atoms with Gasteiger partial charge in [-0.1, -0.05) is 0 Å². The van der Waals surface area contributed by atoms with Gasteiger partial charge in [0.2, 0.25) is 0 Å². The number of rotatable bonds is 3. The molecule has 0 fully saturated rings. The maximum atomic E-state index is 9.89. The third kappa shape index (κ3) is 1.74. The van der Waals surface area contributed by atoms with E-state index in [-0.39, 0.29) is 12.5 Å². The Bertz CT molecular complexity index is 381. The molecule has 0 saturated carbocycles. The number of methoxy groups -OCH3 is 1. The Kier molecular flexibility index (Phi) is 3.03. The van der Waals surface area contributed by atoms with Gasteiger partial charge < -0.3 is 20.5 Å². The van der Waals surface area contributed by atoms with Crippen molar-refractivity contribution in [2.75, 3.05) is 32.1 Å². The molecule has 3 N–H and O–H groups in total. The van der Waals surface area contributed by atoms with Crippen LogP contribution >= 0.6 is 0 Å². The molecule has 1 aromatic carbocycles. The Morgan fingerprint density at radius 3 is 3.00 bits per heavy atom. The minimum Gasteiger partial charge on any atom is -0.497 e. The highest BCUT2D eigenvalue weighted by Crippen LogP contribution is 2.39. The van der Waals surface area contributed by atoms with Crippen LogP contribution in [0.2, 0.25) is 0 Å². The number of anilines is 1. The maximum absolute atomic E-state index is 9.89. The second-order valence-corrected chi connectivity index (χ2v) is 4.21. The fraction of sp³-hybridized carbons (Fsp3) is 0.500. The van der Waals surface area contributed by atoms with Crippen LogP contribution in [0.1, 0.15) is 11.5 Å². The Hall–Kier alpha value is -1.26. The molecule has 2 rings (SSSR count). The molecule has 2 unspecified atom stereocenters. The van der Waals surface area contributed by atoms with Gasteiger partial charge in [-0.3, -0.25) is 0 Å². The van der Waals surface area contributed by atoms with Crippen LogP contribution in [0.15, 0.2) is 18.2 Å². The summed E-state index contributed by atoms with van der Waals surface area (Å²) < 4.78 is 5.21. The quantitative estimate of drug-likeness (QED) is 0.784. The predicted molar refractivity (Wildman–Crippen MR) is 64.1 cm³/mol. The first-order valence-corrected chi connectivity index (χ1v) is 5.44. The molecule has 0 aromatic heterocycles. The molecule has 0 amide bonds. The minimum atomic E-state index is -0.490. The monoisotopic (exact) mass is 222 g/mol. The average Bonchev–Trinajstić information content (AvgIpc) is 2.65. The van der Waals surface area contributed by atoms with Crippen LogP contribution in [0.25, 0.3) is 0 Å². The maximum Gasteiger partial charge on any atom is 0.119 e. The van der Waals surface area contributed by atoms with Crippen LogP contribution < -0.4 is 15.4 Å². The summed E-state index contributed by atoms with van der Waals surface area (Å²) in [5.41, 5.74) is 7.80. The van der Waals surface area contributed by atoms with Crippen molar-refractivity contribution in [2.24, 2.45) is 5.73 Å². The number of nitrogens with zero attached hydrogens (tertiary/aromatic N) is 1. The van der Waals surface area contributed by atoms with Crippen LogP contribution in [0, 0.1) is 0 Å². The number of fused-ring (bicyclic) bond motifs is 1. The highest BCUT2D eigenvalue weighted by molar-refractivity contribution is 5.62. The zero-order valence-electron chi connectivity index (χ0n) is 9.68. The first kappa shape index (κ1) is 11.2. The summed E-state index contributed by atoms with van der Waals surface area (Å²) in [6.07, 6.45) is -0.490. The molecular formula is C12H18N2O2. The molecule has 1 aromatic rings. The van der Waals surface area contributed by atoms with Gasteiger partial charge in [0, 0.05) is 31.7 Å². The molecule has 1 aliphatic rings. The Morgan fingerprint density at radius 1 is 1.62 bits per heavy atom. The predicted octanol–water partition coefficient (Wildman–Crippen LogP) is 0.548. The minimum absolute atomic E-state index is 0.0834. The first-order chi connectivity index (χ1) is 7.67. The van der Waals surface area contributed by atoms with Gasteiger partial charge in [-0.25, -0.2) is 0 Å². The lowest BCUT2D eigenvalue weighted by molar-refractivity contribution is 0.156. The van der Waals surface area contributed by atoms with Gasteiger partial charge in [0.15, 0.2) is 0 Å². The highest BCUT2D eigenvalue weighted by atomic mass is 16.5. The van der Waals surface area contributed by atoms with Gasteiger partial charge >= 0.3 is 0 Å². The van der Waals surface area contributed by atoms with E-state index in [1.807, 2.05) is 25.2 Å². The van der Waals surface area contributed by atoms with Gasteiger partial charge in [0.05, 0.1) is 13.2 Å². The molecule has 16 heavy (non-hydrogen) atoms. The fourth-order valence-electron chi connectivity index (χ4n) is 2.29. The summed E-state index contributed by atoms with van der Waals surface area (Å²) in [7, 11) is 3.67. The van der Waals surface area contributed by atoms with Crippen molar-refractivity contribution < 1.29 is 9.84 Å². The molecule has 0 radical (unpaired) electrons. The van der Waals surface area contributed by atoms with Crippen molar-refractivity contribution in [2.45, 2.75) is 12.0 Å². The summed E-state index contributed by atoms with van der Waals surface area (Å²) in [5.74, 6) is 0.906. The van der Waals surface area contributed by atoms with E-state index in [0.717, 1.165) is 23.5 Å². The molecule has 4 nitrogen and oxygen atoms in total. The second kappa shape index (κ2) is 4.31. The number of hydrogen-bond donors (Lipinski definition) is 2. The Morgan fingerprint density at radius 2 is 2.38 bits per heavy atom. The number of nitrogens with two attached hydrogens (primary N) is 1. The number of aliphatic hydroxyl groups is 1. The zero-order valence-corrected chi connectivity index (χ0v) is 9.68. The van der Waals surface area contributed by atoms with Gasteiger partial charge in [0.1, 0.15) is 5.75 Å². The molecule has 4 heteroatoms. The zero-order chi connectivity index (χ0) is 11.7. The smallest absolute Gasteiger partial charge is 0.119 e. The van der Waals surface area contributed by atoms with Crippen LogP contribution in [0.5, 0.6) is 5.75 Å². The van der Waals surface area contributed by atoms with E-state index in [1.165, 1.54) is 0 Å². The van der Waals surface area contributed by atoms with Gasteiger partial charge in [-0.05, 0) is 23.8 Å². The van der Waals surface area contributed by atoms with Crippen LogP contribution in [0.4, 0.5) is 5.69 Å². The topological polar surface area (TPSA) is 58.7 Å². The fourth-order valence-corrected chi connectivity index (χ4v) is 2.29. The average molecular weight is 222 g/mol. The summed E-state index contributed by atoms with van der Waals surface area (Å²) in [6.45, 7) is 1.09. The van der Waals surface area contributed by atoms with E-state index in [1.54, 1.807) is 7.11 Å². The van der Waals surface area contributed by atoms with E-state index in [2.05, 4.69) is 4.90 Å². The summed E-state index contributed by atoms with van der Waals surface area (Å²) in [6, 6.07) is 5.95. The standard InChI is InChI=1S/C12H18N2O2/c1-14-7-10(12(15)6-13)9-5-8(16-2)3-4-11(9)14/h3-5,10,12,15H,6-7,13H2,1-2H3. The lowest BCUT2D eigenvalue weighted by Crippen LogP contribution is -2.30. The SMILES string of the molecule is COc1ccc2c(c1)C(C(O)CN)CN2C. The number of ether oxygens (including phenoxy) is 1. The lowest BCUT2D eigenvalue weighted by atomic mass is 9.95. The third-order valence-electron chi connectivity index (χ3n) is 3.22. The third-order valence-corrected chi connectivity index (χ3v) is 3.22. The van der Waals surface area contributed by atoms with Crippen molar-refractivity contribution in [3.05, 3.63) is 23.8 Å². The Labute approximate surface area is 95.6 Å². The molecule has 88 valence electrons. The summed E-state index contributed by atoms with van der Waals surface area (Å²) in [4.78, 5) is 2.14. The summed E-state index contributed by atoms with van der Waals surface area (Å²) >= 11 is 0. The van der Waals surface area contributed by atoms with Crippen LogP contribution in [0.3, 0.4) is 0 Å². The second-order valence-electron chi connectivity index (χ2n) is 4.21. The van der Waals surface area contributed by atoms with E-state index < -0.39 is 6.10 Å². The normalized spacial score (nSPS) is 20.8. The van der Waals surface area contributed by atoms with Crippen molar-refractivity contribution in [3.63, 3.8) is 0 Å². The first-order valence-electron chi connectivity index (χ1n) is 5.44. The highest BCUT2D eigenvalue weighted by Gasteiger charge is 2.31. The number of likely N-dealkylation sites (N-methyl/N-ethyl adjacent to an activating group) is 1. The molecule has 0 saturated heterocycles. The van der Waals surface area contributed by atoms with E-state index in [9.17, 15) is 5.11 Å². The van der Waals surface area contributed by atoms with Crippen molar-refractivity contribution in [1.82, 2.24) is 0 Å². The number of hydrogen-bond acceptors (Lipinski definition) is 4. The largest absolute Gasteiger partial charge is 0.497 e. The molecule has 0 bridgehead atoms.